The van der Waals surface area contributed by atoms with E-state index in [0.717, 1.165) is 5.56 Å². The molecule has 2 aromatic carbocycles. The fraction of sp³-hybridized carbons (Fsp3) is 0.241. The number of amides is 2. The van der Waals surface area contributed by atoms with E-state index >= 15 is 0 Å². The quantitative estimate of drug-likeness (QED) is 0.336. The number of hydrogen-bond acceptors (Lipinski definition) is 7. The van der Waals surface area contributed by atoms with Crippen molar-refractivity contribution >= 4 is 23.4 Å². The Morgan fingerprint density at radius 1 is 1.00 bits per heavy atom. The molecule has 0 aliphatic heterocycles. The number of benzene rings is 2. The number of carbonyl (C=O) groups is 4. The molecule has 1 aromatic heterocycles. The third-order valence-corrected chi connectivity index (χ3v) is 5.72. The lowest BCUT2D eigenvalue weighted by Gasteiger charge is -2.18. The molecule has 0 aliphatic rings. The van der Waals surface area contributed by atoms with Crippen molar-refractivity contribution in [2.45, 2.75) is 32.4 Å². The number of ether oxygens (including phenoxy) is 1. The standard InChI is InChI=1S/C29H28N4O5/c1-20(33-27(35)19-38-25-12-7-10-22(15-25)17-30)26(34)16-23(14-21-8-3-2-4-9-21)28(36)29(37)32-18-24-11-5-6-13-31-24/h2-13,15,20,23H,14,16,18-19H2,1H3,(H,32,37)(H,33,35)/t20-,23+/m1/s1. The van der Waals surface area contributed by atoms with Crippen LogP contribution in [0.1, 0.15) is 30.2 Å². The fourth-order valence-electron chi connectivity index (χ4n) is 3.69. The Balaban J connectivity index is 1.59. The number of hydrogen-bond donors (Lipinski definition) is 2. The van der Waals surface area contributed by atoms with Crippen molar-refractivity contribution in [1.29, 1.82) is 5.26 Å². The summed E-state index contributed by atoms with van der Waals surface area (Å²) in [5.74, 6) is -2.99. The molecule has 0 spiro atoms. The normalized spacial score (nSPS) is 11.9. The van der Waals surface area contributed by atoms with Gasteiger partial charge in [-0.3, -0.25) is 24.2 Å². The molecular weight excluding hydrogens is 484 g/mol. The predicted molar refractivity (Wildman–Crippen MR) is 139 cm³/mol. The molecular formula is C29H28N4O5. The SMILES string of the molecule is C[C@@H](NC(=O)COc1cccc(C#N)c1)C(=O)C[C@H](Cc1ccccc1)C(=O)C(=O)NCc1ccccn1. The van der Waals surface area contributed by atoms with E-state index in [-0.39, 0.29) is 26.0 Å². The van der Waals surface area contributed by atoms with Gasteiger partial charge in [0.1, 0.15) is 5.75 Å². The Hall–Kier alpha value is -4.84. The Morgan fingerprint density at radius 3 is 2.47 bits per heavy atom. The molecule has 3 rings (SSSR count). The van der Waals surface area contributed by atoms with Crippen molar-refractivity contribution in [2.24, 2.45) is 5.92 Å². The molecule has 0 aliphatic carbocycles. The van der Waals surface area contributed by atoms with Crippen LogP contribution in [0.4, 0.5) is 0 Å². The van der Waals surface area contributed by atoms with E-state index in [4.69, 9.17) is 10.00 Å². The molecule has 0 unspecified atom stereocenters. The number of nitrogens with zero attached hydrogens (tertiary/aromatic N) is 2. The topological polar surface area (TPSA) is 138 Å². The largest absolute Gasteiger partial charge is 0.484 e. The number of aromatic nitrogens is 1. The lowest BCUT2D eigenvalue weighted by molar-refractivity contribution is -0.141. The first-order valence-electron chi connectivity index (χ1n) is 12.1. The van der Waals surface area contributed by atoms with Crippen LogP contribution in [0.15, 0.2) is 79.0 Å². The second-order valence-electron chi connectivity index (χ2n) is 8.64. The summed E-state index contributed by atoms with van der Waals surface area (Å²) < 4.78 is 5.40. The maximum atomic E-state index is 13.0. The first-order chi connectivity index (χ1) is 18.4. The lowest BCUT2D eigenvalue weighted by atomic mass is 9.88. The van der Waals surface area contributed by atoms with Gasteiger partial charge >= 0.3 is 0 Å². The van der Waals surface area contributed by atoms with Crippen molar-refractivity contribution in [3.05, 3.63) is 95.8 Å². The number of nitriles is 1. The minimum absolute atomic E-state index is 0.0845. The average molecular weight is 513 g/mol. The maximum Gasteiger partial charge on any atom is 0.288 e. The van der Waals surface area contributed by atoms with Crippen LogP contribution in [0.2, 0.25) is 0 Å². The first kappa shape index (κ1) is 27.7. The van der Waals surface area contributed by atoms with Gasteiger partial charge in [0.05, 0.1) is 29.9 Å². The average Bonchev–Trinajstić information content (AvgIpc) is 2.95. The van der Waals surface area contributed by atoms with Crippen LogP contribution in [0.5, 0.6) is 5.75 Å². The van der Waals surface area contributed by atoms with Crippen molar-refractivity contribution < 1.29 is 23.9 Å². The molecule has 0 radical (unpaired) electrons. The van der Waals surface area contributed by atoms with Crippen molar-refractivity contribution in [1.82, 2.24) is 15.6 Å². The van der Waals surface area contributed by atoms with E-state index in [0.29, 0.717) is 17.0 Å². The van der Waals surface area contributed by atoms with Gasteiger partial charge in [0.15, 0.2) is 12.4 Å². The highest BCUT2D eigenvalue weighted by atomic mass is 16.5. The molecule has 9 nitrogen and oxygen atoms in total. The highest BCUT2D eigenvalue weighted by Crippen LogP contribution is 2.16. The number of pyridine rings is 1. The number of nitrogens with one attached hydrogen (secondary N) is 2. The summed E-state index contributed by atoms with van der Waals surface area (Å²) in [4.78, 5) is 55.1. The minimum Gasteiger partial charge on any atom is -0.484 e. The summed E-state index contributed by atoms with van der Waals surface area (Å²) in [5, 5.41) is 14.1. The van der Waals surface area contributed by atoms with Crippen molar-refractivity contribution in [3.63, 3.8) is 0 Å². The molecule has 0 saturated carbocycles. The third kappa shape index (κ3) is 8.68. The van der Waals surface area contributed by atoms with Gasteiger partial charge in [-0.25, -0.2) is 0 Å². The van der Waals surface area contributed by atoms with Crippen LogP contribution >= 0.6 is 0 Å². The second-order valence-corrected chi connectivity index (χ2v) is 8.64. The Morgan fingerprint density at radius 2 is 1.76 bits per heavy atom. The van der Waals surface area contributed by atoms with Crippen LogP contribution in [0, 0.1) is 17.2 Å². The Bertz CT molecular complexity index is 1310. The van der Waals surface area contributed by atoms with Gasteiger partial charge in [-0.1, -0.05) is 42.5 Å². The van der Waals surface area contributed by atoms with E-state index in [2.05, 4.69) is 15.6 Å². The van der Waals surface area contributed by atoms with Crippen LogP contribution in [-0.4, -0.2) is 41.0 Å². The van der Waals surface area contributed by atoms with E-state index < -0.39 is 35.3 Å². The zero-order valence-electron chi connectivity index (χ0n) is 20.9. The summed E-state index contributed by atoms with van der Waals surface area (Å²) in [6, 6.07) is 21.8. The van der Waals surface area contributed by atoms with Crippen LogP contribution in [0.25, 0.3) is 0 Å². The fourth-order valence-corrected chi connectivity index (χ4v) is 3.69. The molecule has 3 aromatic rings. The maximum absolute atomic E-state index is 13.0. The van der Waals surface area contributed by atoms with Gasteiger partial charge in [0, 0.05) is 18.5 Å². The van der Waals surface area contributed by atoms with Gasteiger partial charge in [0.2, 0.25) is 5.78 Å². The van der Waals surface area contributed by atoms with Crippen molar-refractivity contribution in [2.75, 3.05) is 6.61 Å². The summed E-state index contributed by atoms with van der Waals surface area (Å²) >= 11 is 0. The number of rotatable bonds is 13. The zero-order chi connectivity index (χ0) is 27.3. The van der Waals surface area contributed by atoms with E-state index in [9.17, 15) is 19.2 Å². The molecule has 194 valence electrons. The highest BCUT2D eigenvalue weighted by molar-refractivity contribution is 6.37. The zero-order valence-corrected chi connectivity index (χ0v) is 20.9. The van der Waals surface area contributed by atoms with Gasteiger partial charge in [-0.2, -0.15) is 5.26 Å². The predicted octanol–water partition coefficient (Wildman–Crippen LogP) is 2.54. The number of carbonyl (C=O) groups excluding carboxylic acids is 4. The molecule has 38 heavy (non-hydrogen) atoms. The van der Waals surface area contributed by atoms with Gasteiger partial charge in [-0.05, 0) is 49.2 Å². The molecule has 0 bridgehead atoms. The summed E-state index contributed by atoms with van der Waals surface area (Å²) in [6.07, 6.45) is 1.56. The van der Waals surface area contributed by atoms with E-state index in [1.54, 1.807) is 42.6 Å². The second kappa shape index (κ2) is 14.0. The first-order valence-corrected chi connectivity index (χ1v) is 12.1. The number of ketones is 2. The summed E-state index contributed by atoms with van der Waals surface area (Å²) in [7, 11) is 0. The molecule has 2 atom stereocenters. The summed E-state index contributed by atoms with van der Waals surface area (Å²) in [6.45, 7) is 1.25. The van der Waals surface area contributed by atoms with Gasteiger partial charge in [-0.15, -0.1) is 0 Å². The molecule has 0 fully saturated rings. The Kier molecular flexibility index (Phi) is 10.3. The van der Waals surface area contributed by atoms with Crippen LogP contribution < -0.4 is 15.4 Å². The van der Waals surface area contributed by atoms with Gasteiger partial charge in [0.25, 0.3) is 11.8 Å². The van der Waals surface area contributed by atoms with Gasteiger partial charge < -0.3 is 15.4 Å². The molecule has 2 amide bonds. The molecule has 0 saturated heterocycles. The molecule has 2 N–H and O–H groups in total. The summed E-state index contributed by atoms with van der Waals surface area (Å²) in [5.41, 5.74) is 1.80. The lowest BCUT2D eigenvalue weighted by Crippen LogP contribution is -2.43. The minimum atomic E-state index is -0.905. The van der Waals surface area contributed by atoms with Crippen molar-refractivity contribution in [3.8, 4) is 11.8 Å². The number of Topliss-reactive ketones (excluding diaryl/α,β-unsaturated/α-hetero) is 2. The Labute approximate surface area is 220 Å². The molecule has 9 heteroatoms. The third-order valence-electron chi connectivity index (χ3n) is 5.72. The van der Waals surface area contributed by atoms with Crippen LogP contribution in [-0.2, 0) is 32.1 Å². The smallest absolute Gasteiger partial charge is 0.288 e. The van der Waals surface area contributed by atoms with Crippen LogP contribution in [0.3, 0.4) is 0 Å². The van der Waals surface area contributed by atoms with E-state index in [1.807, 2.05) is 36.4 Å². The van der Waals surface area contributed by atoms with E-state index in [1.165, 1.54) is 13.0 Å². The monoisotopic (exact) mass is 512 g/mol. The highest BCUT2D eigenvalue weighted by Gasteiger charge is 2.30. The molecule has 1 heterocycles.